The molecule has 0 saturated heterocycles. The van der Waals surface area contributed by atoms with E-state index < -0.39 is 5.40 Å². The second kappa shape index (κ2) is 8.32. The van der Waals surface area contributed by atoms with Crippen LogP contribution >= 0.6 is 9.24 Å². The molecule has 1 aromatic heterocycles. The lowest BCUT2D eigenvalue weighted by atomic mass is 9.60. The van der Waals surface area contributed by atoms with Crippen molar-refractivity contribution in [3.05, 3.63) is 41.1 Å². The monoisotopic (exact) mass is 395 g/mol. The third-order valence-corrected chi connectivity index (χ3v) is 5.80. The minimum Gasteiger partial charge on any atom is -0.486 e. The van der Waals surface area contributed by atoms with Gasteiger partial charge in [0.05, 0.1) is 11.1 Å². The Kier molecular flexibility index (Phi) is 6.88. The second-order valence-electron chi connectivity index (χ2n) is 9.98. The van der Waals surface area contributed by atoms with Crippen molar-refractivity contribution < 1.29 is 4.74 Å². The summed E-state index contributed by atoms with van der Waals surface area (Å²) >= 11 is 0. The van der Waals surface area contributed by atoms with Crippen molar-refractivity contribution in [3.63, 3.8) is 0 Å². The molecule has 0 amide bonds. The first-order valence-electron chi connectivity index (χ1n) is 10.1. The number of aryl methyl sites for hydroxylation is 2. The van der Waals surface area contributed by atoms with Crippen LogP contribution in [0.2, 0.25) is 0 Å². The summed E-state index contributed by atoms with van der Waals surface area (Å²) in [6, 6.07) is 8.55. The third-order valence-electron chi connectivity index (χ3n) is 5.30. The molecule has 1 heterocycles. The van der Waals surface area contributed by atoms with Gasteiger partial charge in [0.1, 0.15) is 15.7 Å². The maximum Gasteiger partial charge on any atom is 0.211 e. The van der Waals surface area contributed by atoms with Crippen LogP contribution in [-0.2, 0) is 17.3 Å². The van der Waals surface area contributed by atoms with Gasteiger partial charge in [-0.25, -0.2) is 4.68 Å². The smallest absolute Gasteiger partial charge is 0.211 e. The Balaban J connectivity index is 2.42. The molecule has 0 aliphatic carbocycles. The Labute approximate surface area is 176 Å². The molecular formula is C19H34B4N3OP. The van der Waals surface area contributed by atoms with Crippen molar-refractivity contribution in [1.29, 1.82) is 0 Å². The zero-order chi connectivity index (χ0) is 21.3. The number of nitrogens with zero attached hydrogens (tertiary/aromatic N) is 2. The van der Waals surface area contributed by atoms with Gasteiger partial charge in [0, 0.05) is 12.6 Å². The molecule has 0 fully saturated rings. The van der Waals surface area contributed by atoms with E-state index >= 15 is 0 Å². The topological polar surface area (TPSA) is 39.1 Å². The lowest BCUT2D eigenvalue weighted by molar-refractivity contribution is 0.213. The number of hydrogen-bond donors (Lipinski definition) is 1. The van der Waals surface area contributed by atoms with Gasteiger partial charge in [-0.2, -0.15) is 5.10 Å². The van der Waals surface area contributed by atoms with E-state index in [-0.39, 0.29) is 10.8 Å². The number of benzene rings is 1. The number of rotatable bonds is 7. The molecule has 148 valence electrons. The molecule has 2 rings (SSSR count). The van der Waals surface area contributed by atoms with Crippen LogP contribution < -0.4 is 15.4 Å². The summed E-state index contributed by atoms with van der Waals surface area (Å²) in [6.07, 6.45) is 1.03. The SMILES string of the molecule is BC(B)(NC)c1cc(OC(B)(B)c2cc(C)ccc2P)n(CCC(C)(C)C)n1. The van der Waals surface area contributed by atoms with E-state index in [1.54, 1.807) is 0 Å². The van der Waals surface area contributed by atoms with Crippen molar-refractivity contribution in [1.82, 2.24) is 15.1 Å². The van der Waals surface area contributed by atoms with Crippen LogP contribution in [0.5, 0.6) is 5.88 Å². The van der Waals surface area contributed by atoms with Crippen LogP contribution in [0.25, 0.3) is 0 Å². The molecule has 1 atom stereocenters. The summed E-state index contributed by atoms with van der Waals surface area (Å²) in [6.45, 7) is 9.72. The minimum absolute atomic E-state index is 0.218. The van der Waals surface area contributed by atoms with Crippen molar-refractivity contribution >= 4 is 45.9 Å². The summed E-state index contributed by atoms with van der Waals surface area (Å²) in [4.78, 5) is 0. The third kappa shape index (κ3) is 5.70. The molecule has 1 N–H and O–H groups in total. The highest BCUT2D eigenvalue weighted by molar-refractivity contribution is 7.27. The molecule has 4 nitrogen and oxygen atoms in total. The number of nitrogens with one attached hydrogen (secondary N) is 1. The van der Waals surface area contributed by atoms with Crippen LogP contribution in [0.3, 0.4) is 0 Å². The number of hydrogen-bond acceptors (Lipinski definition) is 3. The van der Waals surface area contributed by atoms with Crippen molar-refractivity contribution in [3.8, 4) is 5.88 Å². The standard InChI is InChI=1S/C19H34B4N3OP/c1-12-6-7-14(28)13(10-12)19(22,23)27-16-11-15(18(20,21)24-5)25-26(16)9-8-17(2,3)4/h6-7,10-11,24H,8-9,20-23,28H2,1-5H3. The molecule has 0 radical (unpaired) electrons. The van der Waals surface area contributed by atoms with E-state index in [0.717, 1.165) is 29.8 Å². The second-order valence-corrected chi connectivity index (χ2v) is 10.6. The molecule has 2 aromatic rings. The van der Waals surface area contributed by atoms with Crippen LogP contribution in [0.15, 0.2) is 24.3 Å². The predicted molar refractivity (Wildman–Crippen MR) is 134 cm³/mol. The maximum atomic E-state index is 6.60. The number of aromatic nitrogens is 2. The summed E-state index contributed by atoms with van der Waals surface area (Å²) < 4.78 is 8.63. The van der Waals surface area contributed by atoms with Crippen LogP contribution in [0.1, 0.15) is 44.0 Å². The van der Waals surface area contributed by atoms with E-state index in [9.17, 15) is 0 Å². The van der Waals surface area contributed by atoms with E-state index in [1.807, 2.05) is 11.7 Å². The molecule has 0 aliphatic heterocycles. The van der Waals surface area contributed by atoms with Crippen LogP contribution in [0.4, 0.5) is 0 Å². The Hall–Kier alpha value is -1.12. The highest BCUT2D eigenvalue weighted by Gasteiger charge is 2.29. The summed E-state index contributed by atoms with van der Waals surface area (Å²) in [5.74, 6) is 0.818. The molecule has 0 aliphatic rings. The van der Waals surface area contributed by atoms with Gasteiger partial charge in [-0.3, -0.25) is 0 Å². The normalized spacial score (nSPS) is 12.9. The van der Waals surface area contributed by atoms with Gasteiger partial charge >= 0.3 is 0 Å². The van der Waals surface area contributed by atoms with E-state index in [2.05, 4.69) is 97.9 Å². The van der Waals surface area contributed by atoms with Crippen molar-refractivity contribution in [2.45, 2.75) is 51.4 Å². The first-order valence-corrected chi connectivity index (χ1v) is 10.7. The molecule has 1 aromatic carbocycles. The predicted octanol–water partition coefficient (Wildman–Crippen LogP) is -0.820. The molecule has 0 saturated carbocycles. The molecule has 0 spiro atoms. The lowest BCUT2D eigenvalue weighted by Gasteiger charge is -2.30. The highest BCUT2D eigenvalue weighted by Crippen LogP contribution is 2.28. The highest BCUT2D eigenvalue weighted by atomic mass is 31.0. The quantitative estimate of drug-likeness (QED) is 0.493. The summed E-state index contributed by atoms with van der Waals surface area (Å²) in [5.41, 5.74) is 3.64. The average Bonchev–Trinajstić information content (AvgIpc) is 2.97. The molecule has 1 unspecified atom stereocenters. The van der Waals surface area contributed by atoms with Gasteiger partial charge in [0.2, 0.25) is 5.88 Å². The molecule has 28 heavy (non-hydrogen) atoms. The fourth-order valence-corrected chi connectivity index (χ4v) is 3.55. The fourth-order valence-electron chi connectivity index (χ4n) is 3.02. The summed E-state index contributed by atoms with van der Waals surface area (Å²) in [5, 5.41) is 8.72. The Morgan fingerprint density at radius 3 is 2.36 bits per heavy atom. The van der Waals surface area contributed by atoms with Gasteiger partial charge < -0.3 is 10.1 Å². The van der Waals surface area contributed by atoms with Crippen LogP contribution in [0, 0.1) is 12.3 Å². The largest absolute Gasteiger partial charge is 0.486 e. The molecule has 9 heteroatoms. The molecule has 0 bridgehead atoms. The minimum atomic E-state index is -0.469. The number of ether oxygens (including phenoxy) is 1. The Morgan fingerprint density at radius 2 is 1.79 bits per heavy atom. The van der Waals surface area contributed by atoms with Gasteiger partial charge in [-0.15, -0.1) is 9.24 Å². The molecular weight excluding hydrogens is 360 g/mol. The van der Waals surface area contributed by atoms with Gasteiger partial charge in [0.15, 0.2) is 15.7 Å². The van der Waals surface area contributed by atoms with Crippen molar-refractivity contribution in [2.75, 3.05) is 7.05 Å². The Morgan fingerprint density at radius 1 is 1.14 bits per heavy atom. The lowest BCUT2D eigenvalue weighted by Crippen LogP contribution is -2.41. The Bertz CT molecular complexity index is 831. The average molecular weight is 395 g/mol. The first kappa shape index (κ1) is 23.2. The van der Waals surface area contributed by atoms with Crippen molar-refractivity contribution in [2.24, 2.45) is 5.41 Å². The van der Waals surface area contributed by atoms with Gasteiger partial charge in [-0.1, -0.05) is 44.5 Å². The first-order chi connectivity index (χ1) is 12.7. The summed E-state index contributed by atoms with van der Waals surface area (Å²) in [7, 11) is 13.3. The fraction of sp³-hybridized carbons (Fsp3) is 0.526. The van der Waals surface area contributed by atoms with Crippen LogP contribution in [-0.4, -0.2) is 48.2 Å². The van der Waals surface area contributed by atoms with Gasteiger partial charge in [0.25, 0.3) is 0 Å². The van der Waals surface area contributed by atoms with E-state index in [1.165, 1.54) is 11.1 Å². The zero-order valence-electron chi connectivity index (χ0n) is 19.1. The van der Waals surface area contributed by atoms with E-state index in [0.29, 0.717) is 0 Å². The van der Waals surface area contributed by atoms with Gasteiger partial charge in [-0.05, 0) is 42.0 Å². The maximum absolute atomic E-state index is 6.60. The zero-order valence-corrected chi connectivity index (χ0v) is 20.3. The van der Waals surface area contributed by atoms with E-state index in [4.69, 9.17) is 9.84 Å².